The zero-order valence-electron chi connectivity index (χ0n) is 9.60. The van der Waals surface area contributed by atoms with E-state index in [1.165, 1.54) is 5.56 Å². The van der Waals surface area contributed by atoms with Crippen LogP contribution in [0.15, 0.2) is 23.0 Å². The lowest BCUT2D eigenvalue weighted by molar-refractivity contribution is 0.388. The number of hydrogen-bond donors (Lipinski definition) is 1. The largest absolute Gasteiger partial charge is 0.361 e. The van der Waals surface area contributed by atoms with Crippen LogP contribution in [0, 0.1) is 6.92 Å². The molecule has 0 aromatic carbocycles. The smallest absolute Gasteiger partial charge is 0.133 e. The molecule has 0 aliphatic rings. The van der Waals surface area contributed by atoms with Crippen LogP contribution in [0.25, 0.3) is 0 Å². The van der Waals surface area contributed by atoms with Gasteiger partial charge in [0.05, 0.1) is 11.9 Å². The minimum Gasteiger partial charge on any atom is -0.361 e. The number of hydrogen-bond acceptors (Lipinski definition) is 4. The summed E-state index contributed by atoms with van der Waals surface area (Å²) in [7, 11) is 0. The third kappa shape index (κ3) is 2.70. The van der Waals surface area contributed by atoms with Gasteiger partial charge in [0.1, 0.15) is 5.76 Å². The summed E-state index contributed by atoms with van der Waals surface area (Å²) in [5.74, 6) is 0.843. The zero-order valence-corrected chi connectivity index (χ0v) is 9.60. The Morgan fingerprint density at radius 1 is 1.44 bits per heavy atom. The average molecular weight is 220 g/mol. The van der Waals surface area contributed by atoms with Crippen molar-refractivity contribution in [3.63, 3.8) is 0 Å². The average Bonchev–Trinajstić information content (AvgIpc) is 2.88. The molecule has 0 aliphatic heterocycles. The standard InChI is InChI=1S/C11H16N4O/c1-3-15-8-10(6-13-15)5-12-7-11-4-9(2)16-14-11/h4,6,8,12H,3,5,7H2,1-2H3. The van der Waals surface area contributed by atoms with E-state index >= 15 is 0 Å². The molecule has 16 heavy (non-hydrogen) atoms. The van der Waals surface area contributed by atoms with Gasteiger partial charge >= 0.3 is 0 Å². The minimum atomic E-state index is 0.717. The Morgan fingerprint density at radius 2 is 2.31 bits per heavy atom. The Hall–Kier alpha value is -1.62. The molecule has 0 saturated carbocycles. The van der Waals surface area contributed by atoms with E-state index in [9.17, 15) is 0 Å². The molecule has 0 unspecified atom stereocenters. The van der Waals surface area contributed by atoms with E-state index < -0.39 is 0 Å². The van der Waals surface area contributed by atoms with Crippen molar-refractivity contribution in [1.82, 2.24) is 20.3 Å². The Balaban J connectivity index is 1.79. The predicted molar refractivity (Wildman–Crippen MR) is 59.7 cm³/mol. The van der Waals surface area contributed by atoms with Gasteiger partial charge in [0.15, 0.2) is 0 Å². The van der Waals surface area contributed by atoms with E-state index in [2.05, 4.69) is 22.5 Å². The summed E-state index contributed by atoms with van der Waals surface area (Å²) < 4.78 is 6.90. The van der Waals surface area contributed by atoms with E-state index in [1.54, 1.807) is 0 Å². The van der Waals surface area contributed by atoms with Gasteiger partial charge in [-0.2, -0.15) is 5.10 Å². The summed E-state index contributed by atoms with van der Waals surface area (Å²) in [5.41, 5.74) is 2.11. The molecular formula is C11H16N4O. The fraction of sp³-hybridized carbons (Fsp3) is 0.455. The second-order valence-electron chi connectivity index (χ2n) is 3.74. The summed E-state index contributed by atoms with van der Waals surface area (Å²) in [4.78, 5) is 0. The lowest BCUT2D eigenvalue weighted by atomic mass is 10.3. The molecule has 0 spiro atoms. The molecule has 5 heteroatoms. The molecule has 0 fully saturated rings. The van der Waals surface area contributed by atoms with Crippen molar-refractivity contribution >= 4 is 0 Å². The second kappa shape index (κ2) is 4.94. The van der Waals surface area contributed by atoms with E-state index in [-0.39, 0.29) is 0 Å². The molecule has 2 aromatic rings. The van der Waals surface area contributed by atoms with Gasteiger partial charge in [0, 0.05) is 37.5 Å². The van der Waals surface area contributed by atoms with Gasteiger partial charge in [0.25, 0.3) is 0 Å². The highest BCUT2D eigenvalue weighted by molar-refractivity contribution is 5.05. The van der Waals surface area contributed by atoms with E-state index in [0.29, 0.717) is 6.54 Å². The van der Waals surface area contributed by atoms with Crippen molar-refractivity contribution in [2.24, 2.45) is 0 Å². The number of nitrogens with zero attached hydrogens (tertiary/aromatic N) is 3. The Bertz CT molecular complexity index is 446. The predicted octanol–water partition coefficient (Wildman–Crippen LogP) is 1.49. The monoisotopic (exact) mass is 220 g/mol. The van der Waals surface area contributed by atoms with Gasteiger partial charge in [-0.25, -0.2) is 0 Å². The van der Waals surface area contributed by atoms with E-state index in [4.69, 9.17) is 4.52 Å². The van der Waals surface area contributed by atoms with Crippen molar-refractivity contribution in [3.05, 3.63) is 35.5 Å². The molecule has 2 rings (SSSR count). The summed E-state index contributed by atoms with van der Waals surface area (Å²) in [6, 6.07) is 1.93. The summed E-state index contributed by atoms with van der Waals surface area (Å²) in [5, 5.41) is 11.4. The van der Waals surface area contributed by atoms with Crippen LogP contribution >= 0.6 is 0 Å². The molecular weight excluding hydrogens is 204 g/mol. The van der Waals surface area contributed by atoms with Crippen LogP contribution in [0.5, 0.6) is 0 Å². The van der Waals surface area contributed by atoms with Crippen LogP contribution in [-0.4, -0.2) is 14.9 Å². The van der Waals surface area contributed by atoms with E-state index in [0.717, 1.165) is 24.5 Å². The molecule has 2 heterocycles. The number of nitrogens with one attached hydrogen (secondary N) is 1. The molecule has 0 saturated heterocycles. The van der Waals surface area contributed by atoms with Gasteiger partial charge in [-0.1, -0.05) is 5.16 Å². The van der Waals surface area contributed by atoms with Crippen LogP contribution in [0.4, 0.5) is 0 Å². The molecule has 0 bridgehead atoms. The number of aryl methyl sites for hydroxylation is 2. The Kier molecular flexibility index (Phi) is 3.36. The van der Waals surface area contributed by atoms with Crippen LogP contribution < -0.4 is 5.32 Å². The molecule has 0 radical (unpaired) electrons. The fourth-order valence-corrected chi connectivity index (χ4v) is 1.51. The van der Waals surface area contributed by atoms with Crippen molar-refractivity contribution in [3.8, 4) is 0 Å². The van der Waals surface area contributed by atoms with Crippen molar-refractivity contribution in [1.29, 1.82) is 0 Å². The zero-order chi connectivity index (χ0) is 11.4. The topological polar surface area (TPSA) is 55.9 Å². The van der Waals surface area contributed by atoms with Crippen molar-refractivity contribution in [2.45, 2.75) is 33.5 Å². The highest BCUT2D eigenvalue weighted by Crippen LogP contribution is 2.02. The minimum absolute atomic E-state index is 0.717. The maximum atomic E-state index is 4.98. The number of rotatable bonds is 5. The first-order chi connectivity index (χ1) is 7.78. The lowest BCUT2D eigenvalue weighted by Gasteiger charge is -1.98. The van der Waals surface area contributed by atoms with Gasteiger partial charge in [-0.3, -0.25) is 4.68 Å². The molecule has 2 aromatic heterocycles. The fourth-order valence-electron chi connectivity index (χ4n) is 1.51. The van der Waals surface area contributed by atoms with Gasteiger partial charge in [0.2, 0.25) is 0 Å². The molecule has 0 aliphatic carbocycles. The Labute approximate surface area is 94.4 Å². The van der Waals surface area contributed by atoms with Crippen LogP contribution in [0.2, 0.25) is 0 Å². The maximum absolute atomic E-state index is 4.98. The van der Waals surface area contributed by atoms with Gasteiger partial charge < -0.3 is 9.84 Å². The molecule has 0 atom stereocenters. The number of aromatic nitrogens is 3. The highest BCUT2D eigenvalue weighted by atomic mass is 16.5. The first-order valence-electron chi connectivity index (χ1n) is 5.42. The summed E-state index contributed by atoms with van der Waals surface area (Å²) in [6.07, 6.45) is 3.92. The SMILES string of the molecule is CCn1cc(CNCc2cc(C)on2)cn1. The van der Waals surface area contributed by atoms with Crippen molar-refractivity contribution < 1.29 is 4.52 Å². The first-order valence-corrected chi connectivity index (χ1v) is 5.42. The van der Waals surface area contributed by atoms with Gasteiger partial charge in [-0.15, -0.1) is 0 Å². The van der Waals surface area contributed by atoms with Crippen LogP contribution in [-0.2, 0) is 19.6 Å². The van der Waals surface area contributed by atoms with Crippen LogP contribution in [0.3, 0.4) is 0 Å². The third-order valence-corrected chi connectivity index (χ3v) is 2.32. The third-order valence-electron chi connectivity index (χ3n) is 2.32. The summed E-state index contributed by atoms with van der Waals surface area (Å²) in [6.45, 7) is 6.38. The Morgan fingerprint density at radius 3 is 2.94 bits per heavy atom. The van der Waals surface area contributed by atoms with Crippen LogP contribution in [0.1, 0.15) is 23.9 Å². The first kappa shape index (κ1) is 10.9. The maximum Gasteiger partial charge on any atom is 0.133 e. The second-order valence-corrected chi connectivity index (χ2v) is 3.74. The normalized spacial score (nSPS) is 10.9. The molecule has 5 nitrogen and oxygen atoms in total. The lowest BCUT2D eigenvalue weighted by Crippen LogP contribution is -2.12. The van der Waals surface area contributed by atoms with Gasteiger partial charge in [-0.05, 0) is 13.8 Å². The molecule has 86 valence electrons. The highest BCUT2D eigenvalue weighted by Gasteiger charge is 2.00. The molecule has 1 N–H and O–H groups in total. The van der Waals surface area contributed by atoms with Crippen molar-refractivity contribution in [2.75, 3.05) is 0 Å². The molecule has 0 amide bonds. The summed E-state index contributed by atoms with van der Waals surface area (Å²) >= 11 is 0. The quantitative estimate of drug-likeness (QED) is 0.829. The van der Waals surface area contributed by atoms with E-state index in [1.807, 2.05) is 30.1 Å².